The average Bonchev–Trinajstić information content (AvgIpc) is 3.37. The zero-order valence-corrected chi connectivity index (χ0v) is 19.0. The summed E-state index contributed by atoms with van der Waals surface area (Å²) < 4.78 is 5.70. The molecule has 0 radical (unpaired) electrons. The van der Waals surface area contributed by atoms with Crippen molar-refractivity contribution in [2.45, 2.75) is 45.1 Å². The molecule has 154 valence electrons. The third kappa shape index (κ3) is 7.27. The number of rotatable bonds is 8. The molecule has 0 saturated carbocycles. The molecular weight excluding hydrogens is 453 g/mol. The molecule has 3 rings (SSSR count). The van der Waals surface area contributed by atoms with Gasteiger partial charge in [-0.2, -0.15) is 0 Å². The smallest absolute Gasteiger partial charge is 0.191 e. The van der Waals surface area contributed by atoms with Gasteiger partial charge in [-0.1, -0.05) is 6.42 Å². The fourth-order valence-electron chi connectivity index (χ4n) is 3.95. The summed E-state index contributed by atoms with van der Waals surface area (Å²) in [7, 11) is 0. The Balaban J connectivity index is 0.00000261. The van der Waals surface area contributed by atoms with Gasteiger partial charge in [0.15, 0.2) is 5.96 Å². The van der Waals surface area contributed by atoms with Crippen LogP contribution < -0.4 is 10.6 Å². The molecule has 0 aromatic carbocycles. The molecule has 0 bridgehead atoms. The van der Waals surface area contributed by atoms with E-state index in [1.165, 1.54) is 45.2 Å². The van der Waals surface area contributed by atoms with Crippen molar-refractivity contribution in [3.63, 3.8) is 0 Å². The topological polar surface area (TPSA) is 56.0 Å². The monoisotopic (exact) mass is 489 g/mol. The van der Waals surface area contributed by atoms with E-state index >= 15 is 0 Å². The Kier molecular flexibility index (Phi) is 10.5. The van der Waals surface area contributed by atoms with Crippen molar-refractivity contribution in [2.75, 3.05) is 52.4 Å². The van der Waals surface area contributed by atoms with Gasteiger partial charge in [0.2, 0.25) is 0 Å². The highest BCUT2D eigenvalue weighted by Gasteiger charge is 2.25. The van der Waals surface area contributed by atoms with E-state index in [0.717, 1.165) is 51.0 Å². The Morgan fingerprint density at radius 3 is 2.52 bits per heavy atom. The highest BCUT2D eigenvalue weighted by molar-refractivity contribution is 14.0. The van der Waals surface area contributed by atoms with Crippen molar-refractivity contribution in [3.8, 4) is 0 Å². The Hall–Kier alpha value is -0.800. The van der Waals surface area contributed by atoms with Crippen molar-refractivity contribution in [2.24, 2.45) is 4.99 Å². The Morgan fingerprint density at radius 2 is 1.85 bits per heavy atom. The molecule has 1 aromatic rings. The van der Waals surface area contributed by atoms with Crippen molar-refractivity contribution < 1.29 is 4.42 Å². The molecule has 6 nitrogen and oxygen atoms in total. The van der Waals surface area contributed by atoms with Crippen LogP contribution in [0.3, 0.4) is 0 Å². The van der Waals surface area contributed by atoms with E-state index in [1.54, 1.807) is 6.26 Å². The number of likely N-dealkylation sites (tertiary alicyclic amines) is 2. The first-order chi connectivity index (χ1) is 12.9. The van der Waals surface area contributed by atoms with Gasteiger partial charge in [-0.05, 0) is 70.9 Å². The first kappa shape index (κ1) is 22.5. The van der Waals surface area contributed by atoms with Crippen LogP contribution in [0.25, 0.3) is 0 Å². The molecule has 0 aliphatic carbocycles. The van der Waals surface area contributed by atoms with E-state index < -0.39 is 0 Å². The molecule has 7 heteroatoms. The molecular formula is C20H36IN5O. The fraction of sp³-hybridized carbons (Fsp3) is 0.750. The molecule has 3 heterocycles. The van der Waals surface area contributed by atoms with Gasteiger partial charge in [0, 0.05) is 19.6 Å². The second-order valence-corrected chi connectivity index (χ2v) is 7.32. The molecule has 1 unspecified atom stereocenters. The zero-order valence-electron chi connectivity index (χ0n) is 16.7. The maximum absolute atomic E-state index is 5.70. The lowest BCUT2D eigenvalue weighted by Gasteiger charge is -2.27. The summed E-state index contributed by atoms with van der Waals surface area (Å²) in [6.07, 6.45) is 8.39. The summed E-state index contributed by atoms with van der Waals surface area (Å²) >= 11 is 0. The summed E-state index contributed by atoms with van der Waals surface area (Å²) in [6.45, 7) is 10.5. The molecule has 27 heavy (non-hydrogen) atoms. The van der Waals surface area contributed by atoms with Gasteiger partial charge in [0.1, 0.15) is 5.76 Å². The Morgan fingerprint density at radius 1 is 1.11 bits per heavy atom. The van der Waals surface area contributed by atoms with Crippen molar-refractivity contribution in [3.05, 3.63) is 24.2 Å². The molecule has 2 aliphatic heterocycles. The second-order valence-electron chi connectivity index (χ2n) is 7.32. The van der Waals surface area contributed by atoms with Gasteiger partial charge in [-0.15, -0.1) is 24.0 Å². The number of guanidine groups is 1. The lowest BCUT2D eigenvalue weighted by atomic mass is 10.1. The van der Waals surface area contributed by atoms with E-state index in [9.17, 15) is 0 Å². The van der Waals surface area contributed by atoms with Gasteiger partial charge >= 0.3 is 0 Å². The van der Waals surface area contributed by atoms with E-state index in [0.29, 0.717) is 0 Å². The average molecular weight is 489 g/mol. The Labute approximate surface area is 181 Å². The van der Waals surface area contributed by atoms with E-state index in [-0.39, 0.29) is 30.0 Å². The number of piperidine rings is 1. The highest BCUT2D eigenvalue weighted by atomic mass is 127. The number of nitrogens with zero attached hydrogens (tertiary/aromatic N) is 3. The molecule has 2 aliphatic rings. The predicted molar refractivity (Wildman–Crippen MR) is 122 cm³/mol. The quantitative estimate of drug-likeness (QED) is 0.334. The van der Waals surface area contributed by atoms with E-state index in [4.69, 9.17) is 9.41 Å². The summed E-state index contributed by atoms with van der Waals surface area (Å²) in [5.74, 6) is 1.94. The van der Waals surface area contributed by atoms with Crippen LogP contribution in [-0.4, -0.2) is 68.1 Å². The predicted octanol–water partition coefficient (Wildman–Crippen LogP) is 3.08. The largest absolute Gasteiger partial charge is 0.468 e. The van der Waals surface area contributed by atoms with Crippen LogP contribution >= 0.6 is 24.0 Å². The van der Waals surface area contributed by atoms with Gasteiger partial charge in [-0.3, -0.25) is 9.89 Å². The van der Waals surface area contributed by atoms with Gasteiger partial charge in [0.05, 0.1) is 18.8 Å². The molecule has 1 aromatic heterocycles. The van der Waals surface area contributed by atoms with Crippen LogP contribution in [0, 0.1) is 0 Å². The fourth-order valence-corrected chi connectivity index (χ4v) is 3.95. The number of halogens is 1. The molecule has 2 N–H and O–H groups in total. The third-order valence-corrected chi connectivity index (χ3v) is 5.39. The number of hydrogen-bond acceptors (Lipinski definition) is 4. The van der Waals surface area contributed by atoms with Gasteiger partial charge in [-0.25, -0.2) is 0 Å². The minimum atomic E-state index is 0. The first-order valence-corrected chi connectivity index (χ1v) is 10.4. The minimum Gasteiger partial charge on any atom is -0.468 e. The molecule has 0 spiro atoms. The van der Waals surface area contributed by atoms with Crippen molar-refractivity contribution in [1.29, 1.82) is 0 Å². The van der Waals surface area contributed by atoms with Crippen LogP contribution in [0.15, 0.2) is 27.8 Å². The lowest BCUT2D eigenvalue weighted by molar-refractivity contribution is 0.221. The summed E-state index contributed by atoms with van der Waals surface area (Å²) in [5.41, 5.74) is 0. The maximum Gasteiger partial charge on any atom is 0.191 e. The zero-order chi connectivity index (χ0) is 18.0. The molecule has 0 amide bonds. The standard InChI is InChI=1S/C20H35N5O.HI/c1-2-21-20(22-10-15-24-11-4-3-5-12-24)23-17-18(19-9-8-16-26-19)25-13-6-7-14-25;/h8-9,16,18H,2-7,10-15,17H2,1H3,(H2,21,22,23);1H. The van der Waals surface area contributed by atoms with Gasteiger partial charge < -0.3 is 20.0 Å². The number of hydrogen-bond donors (Lipinski definition) is 2. The number of aliphatic imine (C=N–C) groups is 1. The summed E-state index contributed by atoms with van der Waals surface area (Å²) in [5, 5.41) is 6.89. The van der Waals surface area contributed by atoms with Crippen LogP contribution in [0.4, 0.5) is 0 Å². The lowest BCUT2D eigenvalue weighted by Crippen LogP contribution is -2.43. The van der Waals surface area contributed by atoms with Crippen molar-refractivity contribution >= 4 is 29.9 Å². The third-order valence-electron chi connectivity index (χ3n) is 5.39. The summed E-state index contributed by atoms with van der Waals surface area (Å²) in [6, 6.07) is 4.30. The van der Waals surface area contributed by atoms with Crippen LogP contribution in [0.5, 0.6) is 0 Å². The molecule has 2 fully saturated rings. The second kappa shape index (κ2) is 12.6. The molecule has 2 saturated heterocycles. The Bertz CT molecular complexity index is 524. The van der Waals surface area contributed by atoms with E-state index in [2.05, 4.69) is 33.4 Å². The van der Waals surface area contributed by atoms with Gasteiger partial charge in [0.25, 0.3) is 0 Å². The van der Waals surface area contributed by atoms with Crippen LogP contribution in [0.2, 0.25) is 0 Å². The summed E-state index contributed by atoms with van der Waals surface area (Å²) in [4.78, 5) is 9.92. The number of furan rings is 1. The van der Waals surface area contributed by atoms with E-state index in [1.807, 2.05) is 6.07 Å². The van der Waals surface area contributed by atoms with Crippen LogP contribution in [-0.2, 0) is 0 Å². The number of nitrogens with one attached hydrogen (secondary N) is 2. The first-order valence-electron chi connectivity index (χ1n) is 10.4. The maximum atomic E-state index is 5.70. The minimum absolute atomic E-state index is 0. The van der Waals surface area contributed by atoms with Crippen molar-refractivity contribution in [1.82, 2.24) is 20.4 Å². The van der Waals surface area contributed by atoms with Crippen LogP contribution in [0.1, 0.15) is 50.8 Å². The normalized spacial score (nSPS) is 20.3. The SMILES string of the molecule is CCNC(=NCC(c1ccco1)N1CCCC1)NCCN1CCCCC1.I. The highest BCUT2D eigenvalue weighted by Crippen LogP contribution is 2.25. The molecule has 1 atom stereocenters.